The minimum Gasteiger partial charge on any atom is -0.481 e. The van der Waals surface area contributed by atoms with Crippen LogP contribution in [0.1, 0.15) is 5.56 Å². The van der Waals surface area contributed by atoms with Crippen molar-refractivity contribution in [2.75, 3.05) is 20.3 Å². The fourth-order valence-electron chi connectivity index (χ4n) is 2.05. The second-order valence-corrected chi connectivity index (χ2v) is 6.51. The monoisotopic (exact) mass is 319 g/mol. The number of rotatable bonds is 4. The number of hydrogen-bond donors (Lipinski definition) is 1. The molecule has 0 bridgehead atoms. The largest absolute Gasteiger partial charge is 0.481 e. The first kappa shape index (κ1) is 13.0. The van der Waals surface area contributed by atoms with Gasteiger partial charge in [0.05, 0.1) is 22.9 Å². The molecule has 1 fully saturated rings. The van der Waals surface area contributed by atoms with Gasteiger partial charge >= 0.3 is 5.97 Å². The lowest BCUT2D eigenvalue weighted by Crippen LogP contribution is -2.40. The molecule has 4 nitrogen and oxygen atoms in total. The minimum atomic E-state index is -0.772. The van der Waals surface area contributed by atoms with E-state index < -0.39 is 11.9 Å². The molecule has 1 aromatic heterocycles. The first-order valence-electron chi connectivity index (χ1n) is 5.31. The molecular weight excluding hydrogens is 306 g/mol. The summed E-state index contributed by atoms with van der Waals surface area (Å²) >= 11 is 5.06. The zero-order chi connectivity index (χ0) is 12.4. The Morgan fingerprint density at radius 1 is 1.71 bits per heavy atom. The van der Waals surface area contributed by atoms with Crippen molar-refractivity contribution in [3.05, 3.63) is 20.8 Å². The maximum absolute atomic E-state index is 11.1. The molecule has 0 saturated carbocycles. The van der Waals surface area contributed by atoms with Crippen molar-refractivity contribution in [1.29, 1.82) is 0 Å². The van der Waals surface area contributed by atoms with Crippen molar-refractivity contribution in [1.82, 2.24) is 4.90 Å². The molecule has 1 N–H and O–H groups in total. The van der Waals surface area contributed by atoms with Crippen LogP contribution in [0.5, 0.6) is 0 Å². The van der Waals surface area contributed by atoms with Gasteiger partial charge in [-0.1, -0.05) is 0 Å². The van der Waals surface area contributed by atoms with Crippen LogP contribution in [0.15, 0.2) is 15.2 Å². The van der Waals surface area contributed by atoms with Crippen molar-refractivity contribution in [3.8, 4) is 0 Å². The molecule has 0 spiro atoms. The molecule has 1 aliphatic heterocycles. The topological polar surface area (TPSA) is 49.8 Å². The number of nitrogens with zero attached hydrogens (tertiary/aromatic N) is 1. The van der Waals surface area contributed by atoms with Crippen LogP contribution in [0.4, 0.5) is 0 Å². The fourth-order valence-corrected chi connectivity index (χ4v) is 3.25. The number of hydrogen-bond acceptors (Lipinski definition) is 4. The van der Waals surface area contributed by atoms with Crippen LogP contribution < -0.4 is 0 Å². The summed E-state index contributed by atoms with van der Waals surface area (Å²) in [6, 6.07) is 2.03. The number of likely N-dealkylation sites (N-methyl/N-ethyl adjacent to an activating group) is 1. The van der Waals surface area contributed by atoms with Gasteiger partial charge in [0, 0.05) is 12.6 Å². The average Bonchev–Trinajstić information content (AvgIpc) is 2.86. The molecule has 0 amide bonds. The molecule has 17 heavy (non-hydrogen) atoms. The lowest BCUT2D eigenvalue weighted by atomic mass is 10.0. The molecule has 6 heteroatoms. The van der Waals surface area contributed by atoms with Crippen LogP contribution in [0.25, 0.3) is 0 Å². The van der Waals surface area contributed by atoms with Gasteiger partial charge in [-0.25, -0.2) is 0 Å². The number of thiophene rings is 1. The highest BCUT2D eigenvalue weighted by molar-refractivity contribution is 9.11. The van der Waals surface area contributed by atoms with Gasteiger partial charge in [-0.05, 0) is 40.0 Å². The SMILES string of the molecule is CN(Cc1csc(Br)c1)C1COCC1C(=O)O. The van der Waals surface area contributed by atoms with Crippen molar-refractivity contribution in [2.45, 2.75) is 12.6 Å². The van der Waals surface area contributed by atoms with Gasteiger partial charge < -0.3 is 9.84 Å². The Hall–Kier alpha value is -0.430. The molecule has 94 valence electrons. The summed E-state index contributed by atoms with van der Waals surface area (Å²) in [4.78, 5) is 13.1. The zero-order valence-electron chi connectivity index (χ0n) is 9.43. The molecule has 0 aliphatic carbocycles. The maximum atomic E-state index is 11.1. The lowest BCUT2D eigenvalue weighted by molar-refractivity contribution is -0.143. The van der Waals surface area contributed by atoms with E-state index in [1.807, 2.05) is 7.05 Å². The van der Waals surface area contributed by atoms with E-state index in [0.717, 1.165) is 10.3 Å². The second kappa shape index (κ2) is 5.48. The van der Waals surface area contributed by atoms with Gasteiger partial charge in [0.2, 0.25) is 0 Å². The number of carbonyl (C=O) groups is 1. The molecule has 1 aromatic rings. The highest BCUT2D eigenvalue weighted by atomic mass is 79.9. The Balaban J connectivity index is 1.99. The van der Waals surface area contributed by atoms with E-state index in [9.17, 15) is 4.79 Å². The fraction of sp³-hybridized carbons (Fsp3) is 0.545. The Bertz CT molecular complexity index is 409. The van der Waals surface area contributed by atoms with E-state index in [0.29, 0.717) is 13.2 Å². The van der Waals surface area contributed by atoms with Gasteiger partial charge in [-0.2, -0.15) is 0 Å². The summed E-state index contributed by atoms with van der Waals surface area (Å²) in [5.74, 6) is -1.19. The van der Waals surface area contributed by atoms with Crippen molar-refractivity contribution in [2.24, 2.45) is 5.92 Å². The summed E-state index contributed by atoms with van der Waals surface area (Å²) in [6.07, 6.45) is 0. The molecule has 2 unspecified atom stereocenters. The molecule has 0 radical (unpaired) electrons. The van der Waals surface area contributed by atoms with E-state index in [4.69, 9.17) is 9.84 Å². The lowest BCUT2D eigenvalue weighted by Gasteiger charge is -2.25. The highest BCUT2D eigenvalue weighted by Gasteiger charge is 2.36. The van der Waals surface area contributed by atoms with Crippen LogP contribution >= 0.6 is 27.3 Å². The van der Waals surface area contributed by atoms with Gasteiger partial charge in [0.1, 0.15) is 0 Å². The minimum absolute atomic E-state index is 0.0359. The summed E-state index contributed by atoms with van der Waals surface area (Å²) < 4.78 is 6.36. The van der Waals surface area contributed by atoms with Gasteiger partial charge in [-0.15, -0.1) is 11.3 Å². The smallest absolute Gasteiger partial charge is 0.310 e. The molecule has 2 atom stereocenters. The third-order valence-electron chi connectivity index (χ3n) is 2.99. The van der Waals surface area contributed by atoms with Crippen LogP contribution in [0, 0.1) is 5.92 Å². The number of ether oxygens (including phenoxy) is 1. The van der Waals surface area contributed by atoms with Crippen LogP contribution in [-0.4, -0.2) is 42.3 Å². The summed E-state index contributed by atoms with van der Waals surface area (Å²) in [5.41, 5.74) is 1.19. The Labute approximate surface area is 112 Å². The zero-order valence-corrected chi connectivity index (χ0v) is 11.8. The molecule has 2 rings (SSSR count). The van der Waals surface area contributed by atoms with E-state index in [2.05, 4.69) is 32.3 Å². The van der Waals surface area contributed by atoms with Gasteiger partial charge in [0.15, 0.2) is 0 Å². The maximum Gasteiger partial charge on any atom is 0.310 e. The standard InChI is InChI=1S/C11H14BrNO3S/c1-13(3-7-2-10(12)17-6-7)9-5-16-4-8(9)11(14)15/h2,6,8-9H,3-5H2,1H3,(H,14,15). The molecular formula is C11H14BrNO3S. The van der Waals surface area contributed by atoms with E-state index in [-0.39, 0.29) is 6.04 Å². The number of carboxylic acid groups (broad SMARTS) is 1. The van der Waals surface area contributed by atoms with Crippen molar-refractivity contribution in [3.63, 3.8) is 0 Å². The van der Waals surface area contributed by atoms with Crippen LogP contribution in [-0.2, 0) is 16.1 Å². The first-order valence-corrected chi connectivity index (χ1v) is 6.99. The summed E-state index contributed by atoms with van der Waals surface area (Å²) in [7, 11) is 1.95. The van der Waals surface area contributed by atoms with E-state index >= 15 is 0 Å². The highest BCUT2D eigenvalue weighted by Crippen LogP contribution is 2.24. The molecule has 1 saturated heterocycles. The van der Waals surface area contributed by atoms with Crippen molar-refractivity contribution < 1.29 is 14.6 Å². The first-order chi connectivity index (χ1) is 8.08. The summed E-state index contributed by atoms with van der Waals surface area (Å²) in [5, 5.41) is 11.2. The summed E-state index contributed by atoms with van der Waals surface area (Å²) in [6.45, 7) is 1.57. The van der Waals surface area contributed by atoms with E-state index in [1.165, 1.54) is 5.56 Å². The number of carboxylic acids is 1. The Morgan fingerprint density at radius 2 is 2.47 bits per heavy atom. The third-order valence-corrected chi connectivity index (χ3v) is 4.54. The quantitative estimate of drug-likeness (QED) is 0.922. The van der Waals surface area contributed by atoms with Crippen molar-refractivity contribution >= 4 is 33.2 Å². The molecule has 0 aromatic carbocycles. The molecule has 1 aliphatic rings. The normalized spacial score (nSPS) is 24.4. The Kier molecular flexibility index (Phi) is 4.19. The Morgan fingerprint density at radius 3 is 3.06 bits per heavy atom. The van der Waals surface area contributed by atoms with Crippen LogP contribution in [0.2, 0.25) is 0 Å². The third kappa shape index (κ3) is 3.07. The molecule has 2 heterocycles. The van der Waals surface area contributed by atoms with E-state index in [1.54, 1.807) is 11.3 Å². The predicted molar refractivity (Wildman–Crippen MR) is 69.2 cm³/mol. The predicted octanol–water partition coefficient (Wildman–Crippen LogP) is 2.04. The van der Waals surface area contributed by atoms with Crippen LogP contribution in [0.3, 0.4) is 0 Å². The second-order valence-electron chi connectivity index (χ2n) is 4.22. The number of halogens is 1. The van der Waals surface area contributed by atoms with Gasteiger partial charge in [0.25, 0.3) is 0 Å². The van der Waals surface area contributed by atoms with Gasteiger partial charge in [-0.3, -0.25) is 9.69 Å². The number of aliphatic carboxylic acids is 1. The average molecular weight is 320 g/mol.